The summed E-state index contributed by atoms with van der Waals surface area (Å²) in [6.07, 6.45) is 6.07. The van der Waals surface area contributed by atoms with Crippen molar-refractivity contribution in [1.29, 1.82) is 0 Å². The van der Waals surface area contributed by atoms with Crippen LogP contribution in [0.4, 0.5) is 10.5 Å². The van der Waals surface area contributed by atoms with E-state index in [1.165, 1.54) is 31.2 Å². The molecule has 3 rings (SSSR count). The zero-order chi connectivity index (χ0) is 14.1. The summed E-state index contributed by atoms with van der Waals surface area (Å²) < 4.78 is 0. The maximum Gasteiger partial charge on any atom is 0.319 e. The molecule has 2 fully saturated rings. The largest absolute Gasteiger partial charge is 0.335 e. The number of para-hydroxylation sites is 1. The van der Waals surface area contributed by atoms with Crippen molar-refractivity contribution in [3.05, 3.63) is 29.3 Å². The average molecular weight is 272 g/mol. The highest BCUT2D eigenvalue weighted by atomic mass is 16.2. The minimum absolute atomic E-state index is 0.0298. The number of amides is 2. The molecule has 0 aromatic heterocycles. The van der Waals surface area contributed by atoms with Crippen LogP contribution >= 0.6 is 0 Å². The molecular formula is C17H24N2O. The zero-order valence-corrected chi connectivity index (χ0v) is 12.4. The van der Waals surface area contributed by atoms with Gasteiger partial charge in [0.25, 0.3) is 0 Å². The molecule has 0 spiro atoms. The summed E-state index contributed by atoms with van der Waals surface area (Å²) in [6.45, 7) is 4.17. The molecule has 2 N–H and O–H groups in total. The predicted molar refractivity (Wildman–Crippen MR) is 81.9 cm³/mol. The van der Waals surface area contributed by atoms with Crippen LogP contribution in [0.2, 0.25) is 0 Å². The maximum absolute atomic E-state index is 12.3. The van der Waals surface area contributed by atoms with Crippen LogP contribution in [0.5, 0.6) is 0 Å². The van der Waals surface area contributed by atoms with E-state index in [1.807, 2.05) is 13.0 Å². The van der Waals surface area contributed by atoms with Gasteiger partial charge in [0.1, 0.15) is 0 Å². The van der Waals surface area contributed by atoms with Gasteiger partial charge in [0.15, 0.2) is 0 Å². The lowest BCUT2D eigenvalue weighted by molar-refractivity contribution is 0.245. The average Bonchev–Trinajstić information content (AvgIpc) is 3.29. The molecule has 3 nitrogen and oxygen atoms in total. The number of carbonyl (C=O) groups is 1. The Labute approximate surface area is 121 Å². The van der Waals surface area contributed by atoms with Crippen molar-refractivity contribution in [2.45, 2.75) is 52.0 Å². The third-order valence-corrected chi connectivity index (χ3v) is 4.54. The van der Waals surface area contributed by atoms with Gasteiger partial charge < -0.3 is 10.6 Å². The molecule has 2 aliphatic carbocycles. The third kappa shape index (κ3) is 2.97. The van der Waals surface area contributed by atoms with E-state index in [0.717, 1.165) is 29.5 Å². The third-order valence-electron chi connectivity index (χ3n) is 4.54. The van der Waals surface area contributed by atoms with Gasteiger partial charge in [-0.05, 0) is 62.0 Å². The number of aryl methyl sites for hydroxylation is 2. The Morgan fingerprint density at radius 3 is 2.45 bits per heavy atom. The van der Waals surface area contributed by atoms with Gasteiger partial charge in [-0.3, -0.25) is 0 Å². The number of hydrogen-bond acceptors (Lipinski definition) is 1. The summed E-state index contributed by atoms with van der Waals surface area (Å²) >= 11 is 0. The standard InChI is InChI=1S/C17H24N2O/c1-3-12-6-4-5-11(2)15(12)18-17(20)19-16(13-7-8-13)14-9-10-14/h4-6,13-14,16H,3,7-10H2,1-2H3,(H2,18,19,20). The number of urea groups is 1. The lowest BCUT2D eigenvalue weighted by Crippen LogP contribution is -2.41. The molecule has 1 aromatic rings. The summed E-state index contributed by atoms with van der Waals surface area (Å²) in [7, 11) is 0. The van der Waals surface area contributed by atoms with E-state index in [4.69, 9.17) is 0 Å². The monoisotopic (exact) mass is 272 g/mol. The Bertz CT molecular complexity index is 492. The van der Waals surface area contributed by atoms with Gasteiger partial charge in [-0.25, -0.2) is 4.79 Å². The van der Waals surface area contributed by atoms with Crippen molar-refractivity contribution in [2.24, 2.45) is 11.8 Å². The van der Waals surface area contributed by atoms with Crippen LogP contribution in [-0.2, 0) is 6.42 Å². The molecule has 0 atom stereocenters. The van der Waals surface area contributed by atoms with Gasteiger partial charge >= 0.3 is 6.03 Å². The van der Waals surface area contributed by atoms with Gasteiger partial charge in [0, 0.05) is 11.7 Å². The fourth-order valence-corrected chi connectivity index (χ4v) is 3.03. The molecule has 0 heterocycles. The van der Waals surface area contributed by atoms with E-state index in [9.17, 15) is 4.79 Å². The van der Waals surface area contributed by atoms with E-state index in [0.29, 0.717) is 6.04 Å². The van der Waals surface area contributed by atoms with Crippen molar-refractivity contribution in [2.75, 3.05) is 5.32 Å². The lowest BCUT2D eigenvalue weighted by Gasteiger charge is -2.19. The smallest absolute Gasteiger partial charge is 0.319 e. The SMILES string of the molecule is CCc1cccc(C)c1NC(=O)NC(C1CC1)C1CC1. The van der Waals surface area contributed by atoms with Crippen molar-refractivity contribution in [3.8, 4) is 0 Å². The first-order valence-corrected chi connectivity index (χ1v) is 7.85. The van der Waals surface area contributed by atoms with Crippen LogP contribution in [0.25, 0.3) is 0 Å². The molecule has 2 aliphatic rings. The highest BCUT2D eigenvalue weighted by Gasteiger charge is 2.42. The Morgan fingerprint density at radius 2 is 1.90 bits per heavy atom. The fourth-order valence-electron chi connectivity index (χ4n) is 3.03. The Morgan fingerprint density at radius 1 is 1.25 bits per heavy atom. The van der Waals surface area contributed by atoms with Gasteiger partial charge in [0.05, 0.1) is 0 Å². The number of nitrogens with one attached hydrogen (secondary N) is 2. The first kappa shape index (κ1) is 13.5. The molecule has 0 bridgehead atoms. The Kier molecular flexibility index (Phi) is 3.68. The van der Waals surface area contributed by atoms with Crippen LogP contribution in [0.15, 0.2) is 18.2 Å². The predicted octanol–water partition coefficient (Wildman–Crippen LogP) is 3.87. The van der Waals surface area contributed by atoms with E-state index in [1.54, 1.807) is 0 Å². The molecule has 2 amide bonds. The summed E-state index contributed by atoms with van der Waals surface area (Å²) in [5.74, 6) is 1.46. The molecule has 1 aromatic carbocycles. The minimum Gasteiger partial charge on any atom is -0.335 e. The second-order valence-corrected chi connectivity index (χ2v) is 6.26. The van der Waals surface area contributed by atoms with Gasteiger partial charge in [0.2, 0.25) is 0 Å². The lowest BCUT2D eigenvalue weighted by atomic mass is 10.1. The summed E-state index contributed by atoms with van der Waals surface area (Å²) in [5, 5.41) is 6.29. The van der Waals surface area contributed by atoms with E-state index < -0.39 is 0 Å². The molecule has 0 saturated heterocycles. The molecule has 20 heavy (non-hydrogen) atoms. The van der Waals surface area contributed by atoms with Crippen LogP contribution < -0.4 is 10.6 Å². The number of benzene rings is 1. The van der Waals surface area contributed by atoms with Gasteiger partial charge in [-0.15, -0.1) is 0 Å². The van der Waals surface area contributed by atoms with Crippen LogP contribution in [0.1, 0.15) is 43.7 Å². The number of hydrogen-bond donors (Lipinski definition) is 2. The molecular weight excluding hydrogens is 248 g/mol. The highest BCUT2D eigenvalue weighted by Crippen LogP contribution is 2.44. The van der Waals surface area contributed by atoms with Crippen LogP contribution in [-0.4, -0.2) is 12.1 Å². The molecule has 0 radical (unpaired) electrons. The first-order valence-electron chi connectivity index (χ1n) is 7.85. The molecule has 3 heteroatoms. The highest BCUT2D eigenvalue weighted by molar-refractivity contribution is 5.91. The minimum atomic E-state index is -0.0298. The van der Waals surface area contributed by atoms with Crippen molar-refractivity contribution < 1.29 is 4.79 Å². The molecule has 0 unspecified atom stereocenters. The fraction of sp³-hybridized carbons (Fsp3) is 0.588. The number of anilines is 1. The summed E-state index contributed by atoms with van der Waals surface area (Å²) in [4.78, 5) is 12.3. The van der Waals surface area contributed by atoms with E-state index in [2.05, 4.69) is 29.7 Å². The van der Waals surface area contributed by atoms with Crippen molar-refractivity contribution >= 4 is 11.7 Å². The quantitative estimate of drug-likeness (QED) is 0.839. The van der Waals surface area contributed by atoms with Crippen molar-refractivity contribution in [3.63, 3.8) is 0 Å². The molecule has 0 aliphatic heterocycles. The first-order chi connectivity index (χ1) is 9.69. The second-order valence-electron chi connectivity index (χ2n) is 6.26. The van der Waals surface area contributed by atoms with Gasteiger partial charge in [-0.1, -0.05) is 25.1 Å². The maximum atomic E-state index is 12.3. The second kappa shape index (κ2) is 5.47. The van der Waals surface area contributed by atoms with Crippen LogP contribution in [0.3, 0.4) is 0 Å². The number of rotatable bonds is 5. The van der Waals surface area contributed by atoms with E-state index in [-0.39, 0.29) is 6.03 Å². The normalized spacial score (nSPS) is 18.1. The molecule has 108 valence electrons. The zero-order valence-electron chi connectivity index (χ0n) is 12.4. The van der Waals surface area contributed by atoms with Crippen molar-refractivity contribution in [1.82, 2.24) is 5.32 Å². The Hall–Kier alpha value is -1.51. The van der Waals surface area contributed by atoms with Crippen LogP contribution in [0, 0.1) is 18.8 Å². The summed E-state index contributed by atoms with van der Waals surface area (Å²) in [6, 6.07) is 6.56. The topological polar surface area (TPSA) is 41.1 Å². The molecule has 2 saturated carbocycles. The summed E-state index contributed by atoms with van der Waals surface area (Å²) in [5.41, 5.74) is 3.32. The Balaban J connectivity index is 1.66. The number of carbonyl (C=O) groups excluding carboxylic acids is 1. The van der Waals surface area contributed by atoms with Gasteiger partial charge in [-0.2, -0.15) is 0 Å². The van der Waals surface area contributed by atoms with E-state index >= 15 is 0 Å².